The van der Waals surface area contributed by atoms with Crippen LogP contribution in [0.3, 0.4) is 0 Å². The van der Waals surface area contributed by atoms with Gasteiger partial charge in [0.1, 0.15) is 0 Å². The highest BCUT2D eigenvalue weighted by atomic mass is 16.5. The molecule has 0 unspecified atom stereocenters. The minimum Gasteiger partial charge on any atom is -0.313 e. The lowest BCUT2D eigenvalue weighted by Crippen LogP contribution is -2.56. The Kier molecular flexibility index (Phi) is 0.287. The first-order chi connectivity index (χ1) is 12.2. The minimum absolute atomic E-state index is 1.32. The molecule has 0 aromatic carbocycles. The molecule has 0 aromatic heterocycles. The molecule has 0 aromatic rings. The van der Waals surface area contributed by atoms with Crippen molar-refractivity contribution < 1.29 is 29.9 Å². The fraction of sp³-hybridized carbons (Fsp3) is 1.00. The van der Waals surface area contributed by atoms with Gasteiger partial charge in [0.15, 0.2) is 0 Å². The summed E-state index contributed by atoms with van der Waals surface area (Å²) in [4.78, 5) is 0. The van der Waals surface area contributed by atoms with E-state index in [1.165, 1.54) is 0 Å². The van der Waals surface area contributed by atoms with Crippen molar-refractivity contribution in [1.82, 2.24) is 5.06 Å². The van der Waals surface area contributed by atoms with Crippen molar-refractivity contribution in [2.45, 2.75) is 57.6 Å². The number of hydrogen-bond donors (Lipinski definition) is 1. The molecule has 2 nitrogen and oxygen atoms in total. The van der Waals surface area contributed by atoms with E-state index in [1.807, 2.05) is 0 Å². The fourth-order valence-electron chi connectivity index (χ4n) is 0.570. The van der Waals surface area contributed by atoms with Gasteiger partial charge in [0.25, 0.3) is 0 Å². The highest BCUT2D eigenvalue weighted by Crippen LogP contribution is 2.35. The zero-order valence-corrected chi connectivity index (χ0v) is 5.39. The second-order valence-electron chi connectivity index (χ2n) is 2.11. The Labute approximate surface area is 94.5 Å². The molecule has 1 aliphatic heterocycles. The first kappa shape index (κ1) is 1.28. The third-order valence-corrected chi connectivity index (χ3v) is 1.12. The van der Waals surface area contributed by atoms with Gasteiger partial charge in [0.2, 0.25) is 0 Å². The third-order valence-electron chi connectivity index (χ3n) is 1.12. The summed E-state index contributed by atoms with van der Waals surface area (Å²) in [6, 6.07) is 0. The topological polar surface area (TPSA) is 23.5 Å². The summed E-state index contributed by atoms with van der Waals surface area (Å²) in [5.41, 5.74) is -8.93. The quantitative estimate of drug-likeness (QED) is 0.611. The van der Waals surface area contributed by atoms with Crippen LogP contribution in [0.15, 0.2) is 0 Å². The fourth-order valence-corrected chi connectivity index (χ4v) is 0.570. The van der Waals surface area contributed by atoms with Crippen molar-refractivity contribution in [3.8, 4) is 0 Å². The molecule has 0 atom stereocenters. The van der Waals surface area contributed by atoms with E-state index >= 15 is 0 Å². The van der Waals surface area contributed by atoms with E-state index in [9.17, 15) is 5.21 Å². The summed E-state index contributed by atoms with van der Waals surface area (Å²) in [5, 5.41) is 9.40. The van der Waals surface area contributed by atoms with Crippen LogP contribution in [0.25, 0.3) is 0 Å². The summed E-state index contributed by atoms with van der Waals surface area (Å²) in [5.74, 6) is 0. The molecule has 0 radical (unpaired) electrons. The highest BCUT2D eigenvalue weighted by Gasteiger charge is 2.40. The molecule has 0 saturated carbocycles. The molecule has 1 rings (SSSR count). The summed E-state index contributed by atoms with van der Waals surface area (Å²) < 4.78 is 139. The molecule has 1 aliphatic rings. The number of rotatable bonds is 0. The largest absolute Gasteiger partial charge is 0.313 e. The van der Waals surface area contributed by atoms with Gasteiger partial charge in [-0.25, -0.2) is 0 Å². The smallest absolute Gasteiger partial charge is 0.0410 e. The van der Waals surface area contributed by atoms with E-state index in [-0.39, 0.29) is 0 Å². The van der Waals surface area contributed by atoms with Crippen molar-refractivity contribution in [3.05, 3.63) is 0 Å². The predicted octanol–water partition coefficient (Wildman–Crippen LogP) is 2.42. The maximum Gasteiger partial charge on any atom is 0.0410 e. The molecule has 66 valence electrons. The summed E-state index contributed by atoms with van der Waals surface area (Å²) in [6.45, 7) is -17.0. The zero-order valence-electron chi connectivity index (χ0n) is 23.4. The normalized spacial score (nSPS) is 72.8. The van der Waals surface area contributed by atoms with Crippen molar-refractivity contribution in [2.75, 3.05) is 0 Å². The average Bonchev–Trinajstić information content (AvgIpc) is 2.29. The van der Waals surface area contributed by atoms with Crippen LogP contribution < -0.4 is 0 Å². The molecular weight excluding hydrogens is 138 g/mol. The van der Waals surface area contributed by atoms with Crippen LogP contribution in [-0.4, -0.2) is 21.3 Å². The van der Waals surface area contributed by atoms with E-state index in [4.69, 9.17) is 24.7 Å². The van der Waals surface area contributed by atoms with Gasteiger partial charge in [-0.15, -0.1) is 0 Å². The molecule has 1 fully saturated rings. The molecule has 1 heterocycles. The number of piperidine rings is 1. The Balaban J connectivity index is 4.52. The monoisotopic (exact) mass is 175 g/mol. The molecule has 0 bridgehead atoms. The van der Waals surface area contributed by atoms with Crippen molar-refractivity contribution >= 4 is 0 Å². The minimum atomic E-state index is -4.47. The van der Waals surface area contributed by atoms with Gasteiger partial charge in [-0.3, -0.25) is 0 Å². The number of hydroxylamine groups is 2. The van der Waals surface area contributed by atoms with E-state index in [2.05, 4.69) is 0 Å². The van der Waals surface area contributed by atoms with Crippen molar-refractivity contribution in [2.24, 2.45) is 0 Å². The van der Waals surface area contributed by atoms with Crippen LogP contribution in [0.5, 0.6) is 0 Å². The molecule has 0 aliphatic carbocycles. The van der Waals surface area contributed by atoms with Gasteiger partial charge in [-0.05, 0) is 46.5 Å². The molecule has 11 heavy (non-hydrogen) atoms. The zero-order chi connectivity index (χ0) is 24.1. The highest BCUT2D eigenvalue weighted by molar-refractivity contribution is 4.91. The first-order valence-corrected chi connectivity index (χ1v) is 2.65. The Morgan fingerprint density at radius 3 is 2.09 bits per heavy atom. The molecule has 1 saturated heterocycles. The van der Waals surface area contributed by atoms with Crippen LogP contribution in [-0.2, 0) is 0 Å². The Bertz CT molecular complexity index is 566. The van der Waals surface area contributed by atoms with Gasteiger partial charge < -0.3 is 5.21 Å². The van der Waals surface area contributed by atoms with E-state index in [0.717, 1.165) is 0 Å². The Morgan fingerprint density at radius 2 is 1.73 bits per heavy atom. The van der Waals surface area contributed by atoms with Crippen LogP contribution in [0.4, 0.5) is 0 Å². The summed E-state index contributed by atoms with van der Waals surface area (Å²) in [7, 11) is 0. The van der Waals surface area contributed by atoms with Gasteiger partial charge in [0.05, 0.1) is 0 Å². The molecule has 0 amide bonds. The lowest BCUT2D eigenvalue weighted by atomic mass is 9.82. The van der Waals surface area contributed by atoms with E-state index in [0.29, 0.717) is 0 Å². The van der Waals surface area contributed by atoms with Gasteiger partial charge in [-0.2, -0.15) is 5.06 Å². The van der Waals surface area contributed by atoms with Crippen LogP contribution >= 0.6 is 0 Å². The number of nitrogens with zero attached hydrogens (tertiary/aromatic N) is 1. The first-order valence-electron chi connectivity index (χ1n) is 11.6. The van der Waals surface area contributed by atoms with Crippen LogP contribution in [0.2, 0.25) is 0 Å². The maximum atomic E-state index is 10.7. The van der Waals surface area contributed by atoms with E-state index < -0.39 is 62.7 Å². The van der Waals surface area contributed by atoms with Crippen LogP contribution in [0, 0.1) is 0 Å². The van der Waals surface area contributed by atoms with Gasteiger partial charge in [-0.1, -0.05) is 0 Å². The summed E-state index contributed by atoms with van der Waals surface area (Å²) >= 11 is 0. The Morgan fingerprint density at radius 1 is 1.27 bits per heavy atom. The van der Waals surface area contributed by atoms with Gasteiger partial charge in [0, 0.05) is 35.8 Å². The molecular formula is C9H19NO. The molecule has 0 spiro atoms. The summed E-state index contributed by atoms with van der Waals surface area (Å²) in [6.07, 6.45) is -13.0. The van der Waals surface area contributed by atoms with Crippen molar-refractivity contribution in [1.29, 1.82) is 0 Å². The van der Waals surface area contributed by atoms with Crippen LogP contribution in [0.1, 0.15) is 71.2 Å². The maximum absolute atomic E-state index is 10.7. The lowest BCUT2D eigenvalue weighted by Gasteiger charge is -2.48. The SMILES string of the molecule is [2H]C([2H])([2H])C1(C([2H])([2H])[2H])N(O)C(C([2H])([2H])[2H])(C([2H])([2H])[2H])C([2H])([2H])C([2H])([2H])C1([2H])[2H]. The standard InChI is InChI=1S/C9H19NO/c1-8(2)6-5-7-9(3,4)10(8)11/h11H,5-7H2,1-4H3/i1D3,2D3,3D3,4D3,5D2,6D2,7D2. The average molecular weight is 175 g/mol. The van der Waals surface area contributed by atoms with E-state index in [1.54, 1.807) is 0 Å². The number of hydrogen-bond acceptors (Lipinski definition) is 2. The third kappa shape index (κ3) is 1.57. The lowest BCUT2D eigenvalue weighted by molar-refractivity contribution is -0.241. The predicted molar refractivity (Wildman–Crippen MR) is 45.6 cm³/mol. The molecule has 1 N–H and O–H groups in total. The second kappa shape index (κ2) is 2.46. The molecule has 2 heteroatoms. The van der Waals surface area contributed by atoms with Gasteiger partial charge >= 0.3 is 0 Å². The van der Waals surface area contributed by atoms with Crippen molar-refractivity contribution in [3.63, 3.8) is 0 Å². The Hall–Kier alpha value is -0.0800. The second-order valence-corrected chi connectivity index (χ2v) is 2.11.